The van der Waals surface area contributed by atoms with Gasteiger partial charge in [-0.05, 0) is 36.2 Å². The number of hydrogen-bond donors (Lipinski definition) is 2. The van der Waals surface area contributed by atoms with E-state index in [1.165, 1.54) is 5.56 Å². The van der Waals surface area contributed by atoms with Crippen molar-refractivity contribution in [3.8, 4) is 0 Å². The van der Waals surface area contributed by atoms with E-state index in [-0.39, 0.29) is 0 Å². The fourth-order valence-corrected chi connectivity index (χ4v) is 2.05. The van der Waals surface area contributed by atoms with Crippen LogP contribution in [0.4, 0.5) is 17.1 Å². The monoisotopic (exact) mass is 291 g/mol. The van der Waals surface area contributed by atoms with Crippen LogP contribution in [-0.2, 0) is 6.42 Å². The van der Waals surface area contributed by atoms with E-state index >= 15 is 0 Å². The number of benzene rings is 1. The van der Waals surface area contributed by atoms with Gasteiger partial charge < -0.3 is 11.1 Å². The molecule has 3 nitrogen and oxygen atoms in total. The average Bonchev–Trinajstić information content (AvgIpc) is 2.34. The minimum Gasteiger partial charge on any atom is -0.396 e. The Morgan fingerprint density at radius 1 is 1.29 bits per heavy atom. The Kier molecular flexibility index (Phi) is 3.64. The van der Waals surface area contributed by atoms with Crippen molar-refractivity contribution >= 4 is 33.0 Å². The third-order valence-corrected chi connectivity index (χ3v) is 3.06. The van der Waals surface area contributed by atoms with Crippen LogP contribution < -0.4 is 11.1 Å². The van der Waals surface area contributed by atoms with Crippen LogP contribution in [0.15, 0.2) is 41.1 Å². The Morgan fingerprint density at radius 2 is 2.12 bits per heavy atom. The number of nitrogens with two attached hydrogens (primary N) is 1. The molecule has 3 N–H and O–H groups in total. The summed E-state index contributed by atoms with van der Waals surface area (Å²) in [5.41, 5.74) is 9.72. The minimum absolute atomic E-state index is 0.650. The molecule has 2 rings (SSSR count). The summed E-state index contributed by atoms with van der Waals surface area (Å²) in [4.78, 5) is 3.97. The quantitative estimate of drug-likeness (QED) is 0.906. The number of nitrogen functional groups attached to an aromatic ring is 1. The van der Waals surface area contributed by atoms with Gasteiger partial charge in [0.2, 0.25) is 0 Å². The molecular weight excluding hydrogens is 278 g/mol. The van der Waals surface area contributed by atoms with Gasteiger partial charge in [-0.1, -0.05) is 22.9 Å². The second kappa shape index (κ2) is 5.19. The maximum atomic E-state index is 5.86. The molecule has 0 fully saturated rings. The van der Waals surface area contributed by atoms with Crippen molar-refractivity contribution < 1.29 is 0 Å². The van der Waals surface area contributed by atoms with Crippen LogP contribution in [0.5, 0.6) is 0 Å². The molecule has 88 valence electrons. The molecule has 0 unspecified atom stereocenters. The largest absolute Gasteiger partial charge is 0.396 e. The zero-order valence-electron chi connectivity index (χ0n) is 9.57. The van der Waals surface area contributed by atoms with E-state index in [4.69, 9.17) is 5.73 Å². The number of hydrogen-bond acceptors (Lipinski definition) is 3. The number of nitrogens with zero attached hydrogens (tertiary/aromatic N) is 1. The first kappa shape index (κ1) is 11.9. The van der Waals surface area contributed by atoms with E-state index < -0.39 is 0 Å². The van der Waals surface area contributed by atoms with Gasteiger partial charge in [-0.25, -0.2) is 0 Å². The van der Waals surface area contributed by atoms with Gasteiger partial charge >= 0.3 is 0 Å². The molecule has 17 heavy (non-hydrogen) atoms. The molecule has 0 aliphatic rings. The molecule has 0 amide bonds. The van der Waals surface area contributed by atoms with Crippen LogP contribution in [0.2, 0.25) is 0 Å². The molecule has 0 spiro atoms. The number of pyridine rings is 1. The third kappa shape index (κ3) is 2.77. The normalized spacial score (nSPS) is 10.2. The standard InChI is InChI=1S/C13H14BrN3/c1-2-9-7-10(14)3-4-12(9)17-13-5-6-16-8-11(13)15/h3-8H,2,15H2,1H3,(H,16,17). The molecule has 0 aliphatic carbocycles. The summed E-state index contributed by atoms with van der Waals surface area (Å²) < 4.78 is 1.09. The molecular formula is C13H14BrN3. The number of aryl methyl sites for hydroxylation is 1. The zero-order valence-corrected chi connectivity index (χ0v) is 11.2. The second-order valence-electron chi connectivity index (χ2n) is 3.74. The summed E-state index contributed by atoms with van der Waals surface area (Å²) in [6, 6.07) is 8.04. The summed E-state index contributed by atoms with van der Waals surface area (Å²) in [5, 5.41) is 3.33. The summed E-state index contributed by atoms with van der Waals surface area (Å²) in [6.07, 6.45) is 4.34. The fourth-order valence-electron chi connectivity index (χ4n) is 1.64. The van der Waals surface area contributed by atoms with E-state index in [0.29, 0.717) is 5.69 Å². The van der Waals surface area contributed by atoms with E-state index in [0.717, 1.165) is 22.3 Å². The Morgan fingerprint density at radius 3 is 2.82 bits per heavy atom. The number of aromatic nitrogens is 1. The molecule has 0 radical (unpaired) electrons. The van der Waals surface area contributed by atoms with Crippen LogP contribution >= 0.6 is 15.9 Å². The predicted molar refractivity (Wildman–Crippen MR) is 75.5 cm³/mol. The Bertz CT molecular complexity index is 526. The van der Waals surface area contributed by atoms with Crippen molar-refractivity contribution in [2.24, 2.45) is 0 Å². The highest BCUT2D eigenvalue weighted by atomic mass is 79.9. The van der Waals surface area contributed by atoms with E-state index in [1.807, 2.05) is 18.2 Å². The van der Waals surface area contributed by atoms with Gasteiger partial charge in [-0.15, -0.1) is 0 Å². The summed E-state index contributed by atoms with van der Waals surface area (Å²) in [5.74, 6) is 0. The number of nitrogens with one attached hydrogen (secondary N) is 1. The fraction of sp³-hybridized carbons (Fsp3) is 0.154. The molecule has 0 atom stereocenters. The van der Waals surface area contributed by atoms with Gasteiger partial charge in [0.05, 0.1) is 17.6 Å². The Balaban J connectivity index is 2.33. The molecule has 1 aromatic carbocycles. The first-order chi connectivity index (χ1) is 8.20. The molecule has 1 aromatic heterocycles. The lowest BCUT2D eigenvalue weighted by Gasteiger charge is -2.12. The summed E-state index contributed by atoms with van der Waals surface area (Å²) in [7, 11) is 0. The van der Waals surface area contributed by atoms with Crippen LogP contribution in [0.25, 0.3) is 0 Å². The van der Waals surface area contributed by atoms with Gasteiger partial charge in [0.15, 0.2) is 0 Å². The zero-order chi connectivity index (χ0) is 12.3. The molecule has 2 aromatic rings. The first-order valence-electron chi connectivity index (χ1n) is 5.45. The predicted octanol–water partition coefficient (Wildman–Crippen LogP) is 3.73. The van der Waals surface area contributed by atoms with Gasteiger partial charge in [0.1, 0.15) is 0 Å². The van der Waals surface area contributed by atoms with Crippen LogP contribution in [-0.4, -0.2) is 4.98 Å². The second-order valence-corrected chi connectivity index (χ2v) is 4.66. The molecule has 4 heteroatoms. The van der Waals surface area contributed by atoms with Crippen LogP contribution in [0, 0.1) is 0 Å². The van der Waals surface area contributed by atoms with E-state index in [1.54, 1.807) is 12.4 Å². The molecule has 1 heterocycles. The molecule has 0 bridgehead atoms. The number of halogens is 1. The number of anilines is 3. The number of rotatable bonds is 3. The van der Waals surface area contributed by atoms with Crippen molar-refractivity contribution in [1.82, 2.24) is 4.98 Å². The van der Waals surface area contributed by atoms with Gasteiger partial charge in [-0.2, -0.15) is 0 Å². The van der Waals surface area contributed by atoms with Gasteiger partial charge in [-0.3, -0.25) is 4.98 Å². The van der Waals surface area contributed by atoms with Crippen molar-refractivity contribution in [1.29, 1.82) is 0 Å². The topological polar surface area (TPSA) is 50.9 Å². The van der Waals surface area contributed by atoms with Crippen molar-refractivity contribution in [3.63, 3.8) is 0 Å². The third-order valence-electron chi connectivity index (χ3n) is 2.57. The lowest BCUT2D eigenvalue weighted by Crippen LogP contribution is -1.99. The SMILES string of the molecule is CCc1cc(Br)ccc1Nc1ccncc1N. The molecule has 0 saturated heterocycles. The molecule has 0 aliphatic heterocycles. The Labute approximate surface area is 109 Å². The Hall–Kier alpha value is -1.55. The minimum atomic E-state index is 0.650. The first-order valence-corrected chi connectivity index (χ1v) is 6.25. The van der Waals surface area contributed by atoms with Crippen LogP contribution in [0.1, 0.15) is 12.5 Å². The van der Waals surface area contributed by atoms with Gasteiger partial charge in [0.25, 0.3) is 0 Å². The van der Waals surface area contributed by atoms with E-state index in [9.17, 15) is 0 Å². The van der Waals surface area contributed by atoms with Crippen molar-refractivity contribution in [2.45, 2.75) is 13.3 Å². The van der Waals surface area contributed by atoms with Crippen molar-refractivity contribution in [3.05, 3.63) is 46.7 Å². The van der Waals surface area contributed by atoms with Crippen LogP contribution in [0.3, 0.4) is 0 Å². The highest BCUT2D eigenvalue weighted by Gasteiger charge is 2.04. The van der Waals surface area contributed by atoms with Gasteiger partial charge in [0, 0.05) is 16.4 Å². The van der Waals surface area contributed by atoms with Crippen molar-refractivity contribution in [2.75, 3.05) is 11.1 Å². The molecule has 0 saturated carbocycles. The lowest BCUT2D eigenvalue weighted by molar-refractivity contribution is 1.14. The average molecular weight is 292 g/mol. The summed E-state index contributed by atoms with van der Waals surface area (Å²) >= 11 is 3.47. The highest BCUT2D eigenvalue weighted by molar-refractivity contribution is 9.10. The smallest absolute Gasteiger partial charge is 0.0739 e. The van der Waals surface area contributed by atoms with E-state index in [2.05, 4.69) is 39.2 Å². The maximum absolute atomic E-state index is 5.86. The summed E-state index contributed by atoms with van der Waals surface area (Å²) in [6.45, 7) is 2.13. The highest BCUT2D eigenvalue weighted by Crippen LogP contribution is 2.27. The lowest BCUT2D eigenvalue weighted by atomic mass is 10.1. The maximum Gasteiger partial charge on any atom is 0.0739 e.